The molecule has 1 amide bonds. The van der Waals surface area contributed by atoms with Gasteiger partial charge in [-0.15, -0.1) is 11.3 Å². The van der Waals surface area contributed by atoms with Crippen LogP contribution < -0.4 is 5.32 Å². The standard InChI is InChI=1S/C19H23NO3S2/c1-12-7-9-14(10-8-12)16-13(2)25-18(17(16)19(22)23-3)20-15(21)6-5-11-24-4/h7-10H,5-6,11H2,1-4H3,(H,20,21). The van der Waals surface area contributed by atoms with Gasteiger partial charge >= 0.3 is 5.97 Å². The third kappa shape index (κ3) is 4.86. The van der Waals surface area contributed by atoms with E-state index in [0.717, 1.165) is 33.7 Å². The smallest absolute Gasteiger partial charge is 0.341 e. The van der Waals surface area contributed by atoms with Crippen molar-refractivity contribution in [3.63, 3.8) is 0 Å². The van der Waals surface area contributed by atoms with Crippen LogP contribution in [0.4, 0.5) is 5.00 Å². The van der Waals surface area contributed by atoms with E-state index in [1.165, 1.54) is 18.4 Å². The van der Waals surface area contributed by atoms with Gasteiger partial charge in [-0.1, -0.05) is 29.8 Å². The number of carbonyl (C=O) groups excluding carboxylic acids is 2. The van der Waals surface area contributed by atoms with Gasteiger partial charge in [-0.2, -0.15) is 11.8 Å². The van der Waals surface area contributed by atoms with Gasteiger partial charge in [0.1, 0.15) is 10.6 Å². The fourth-order valence-electron chi connectivity index (χ4n) is 2.56. The van der Waals surface area contributed by atoms with E-state index in [9.17, 15) is 9.59 Å². The molecule has 2 rings (SSSR count). The Hall–Kier alpha value is -1.79. The van der Waals surface area contributed by atoms with Crippen molar-refractivity contribution in [3.8, 4) is 11.1 Å². The number of nitrogens with one attached hydrogen (secondary N) is 1. The second kappa shape index (κ2) is 9.06. The summed E-state index contributed by atoms with van der Waals surface area (Å²) in [5.74, 6) is 0.435. The lowest BCUT2D eigenvalue weighted by Crippen LogP contribution is -2.14. The summed E-state index contributed by atoms with van der Waals surface area (Å²) in [5, 5.41) is 3.46. The fourth-order valence-corrected chi connectivity index (χ4v) is 4.08. The van der Waals surface area contributed by atoms with Crippen molar-refractivity contribution >= 4 is 40.0 Å². The number of anilines is 1. The number of thiophene rings is 1. The molecule has 0 bridgehead atoms. The molecule has 0 atom stereocenters. The molecule has 1 N–H and O–H groups in total. The Morgan fingerprint density at radius 3 is 2.48 bits per heavy atom. The summed E-state index contributed by atoms with van der Waals surface area (Å²) in [6, 6.07) is 7.99. The second-order valence-electron chi connectivity index (χ2n) is 5.74. The lowest BCUT2D eigenvalue weighted by atomic mass is 10.0. The maximum atomic E-state index is 12.4. The summed E-state index contributed by atoms with van der Waals surface area (Å²) in [6.45, 7) is 3.97. The number of hydrogen-bond donors (Lipinski definition) is 1. The van der Waals surface area contributed by atoms with Crippen molar-refractivity contribution in [1.82, 2.24) is 0 Å². The molecule has 25 heavy (non-hydrogen) atoms. The monoisotopic (exact) mass is 377 g/mol. The first-order valence-electron chi connectivity index (χ1n) is 8.05. The van der Waals surface area contributed by atoms with Gasteiger partial charge in [0.15, 0.2) is 0 Å². The lowest BCUT2D eigenvalue weighted by Gasteiger charge is -2.08. The van der Waals surface area contributed by atoms with E-state index in [1.807, 2.05) is 44.4 Å². The van der Waals surface area contributed by atoms with Crippen LogP contribution in [0, 0.1) is 13.8 Å². The van der Waals surface area contributed by atoms with Crippen molar-refractivity contribution in [2.45, 2.75) is 26.7 Å². The number of ether oxygens (including phenoxy) is 1. The van der Waals surface area contributed by atoms with Gasteiger partial charge < -0.3 is 10.1 Å². The Labute approximate surface area is 157 Å². The zero-order valence-corrected chi connectivity index (χ0v) is 16.6. The predicted octanol–water partition coefficient (Wildman–Crippen LogP) is 4.90. The zero-order valence-electron chi connectivity index (χ0n) is 15.0. The van der Waals surface area contributed by atoms with Gasteiger partial charge in [0.2, 0.25) is 5.91 Å². The van der Waals surface area contributed by atoms with Crippen molar-refractivity contribution in [2.24, 2.45) is 0 Å². The number of hydrogen-bond acceptors (Lipinski definition) is 5. The third-order valence-electron chi connectivity index (χ3n) is 3.82. The maximum Gasteiger partial charge on any atom is 0.341 e. The van der Waals surface area contributed by atoms with Crippen molar-refractivity contribution in [2.75, 3.05) is 24.4 Å². The predicted molar refractivity (Wildman–Crippen MR) is 107 cm³/mol. The number of esters is 1. The molecule has 1 aromatic carbocycles. The highest BCUT2D eigenvalue weighted by Gasteiger charge is 2.24. The number of amides is 1. The van der Waals surface area contributed by atoms with Crippen LogP contribution in [0.1, 0.15) is 33.6 Å². The average molecular weight is 378 g/mol. The van der Waals surface area contributed by atoms with Crippen LogP contribution in [0.25, 0.3) is 11.1 Å². The quantitative estimate of drug-likeness (QED) is 0.551. The summed E-state index contributed by atoms with van der Waals surface area (Å²) in [7, 11) is 1.36. The highest BCUT2D eigenvalue weighted by atomic mass is 32.2. The number of carbonyl (C=O) groups is 2. The minimum absolute atomic E-state index is 0.0732. The molecule has 0 spiro atoms. The van der Waals surface area contributed by atoms with E-state index in [-0.39, 0.29) is 5.91 Å². The Bertz CT molecular complexity index is 751. The van der Waals surface area contributed by atoms with Gasteiger partial charge in [-0.25, -0.2) is 4.79 Å². The number of methoxy groups -OCH3 is 1. The molecule has 0 fully saturated rings. The molecule has 0 radical (unpaired) electrons. The van der Waals surface area contributed by atoms with Gasteiger partial charge in [0.25, 0.3) is 0 Å². The SMILES string of the molecule is COC(=O)c1c(NC(=O)CCCSC)sc(C)c1-c1ccc(C)cc1. The van der Waals surface area contributed by atoms with Crippen LogP contribution >= 0.6 is 23.1 Å². The topological polar surface area (TPSA) is 55.4 Å². The Balaban J connectivity index is 2.37. The molecule has 0 saturated heterocycles. The summed E-state index contributed by atoms with van der Waals surface area (Å²) in [5.41, 5.74) is 3.37. The average Bonchev–Trinajstić information content (AvgIpc) is 2.91. The number of thioether (sulfide) groups is 1. The first-order valence-corrected chi connectivity index (χ1v) is 10.3. The molecular formula is C19H23NO3S2. The zero-order chi connectivity index (χ0) is 18.4. The van der Waals surface area contributed by atoms with Gasteiger partial charge in [0.05, 0.1) is 7.11 Å². The summed E-state index contributed by atoms with van der Waals surface area (Å²) >= 11 is 3.13. The van der Waals surface area contributed by atoms with Crippen molar-refractivity contribution in [3.05, 3.63) is 40.3 Å². The highest BCUT2D eigenvalue weighted by Crippen LogP contribution is 2.40. The number of rotatable bonds is 7. The largest absolute Gasteiger partial charge is 0.465 e. The molecule has 0 aliphatic heterocycles. The summed E-state index contributed by atoms with van der Waals surface area (Å²) < 4.78 is 4.97. The molecule has 2 aromatic rings. The Morgan fingerprint density at radius 1 is 1.20 bits per heavy atom. The van der Waals surface area contributed by atoms with E-state index in [4.69, 9.17) is 4.74 Å². The van der Waals surface area contributed by atoms with Crippen LogP contribution in [-0.4, -0.2) is 31.0 Å². The Kier molecular flexibility index (Phi) is 7.08. The van der Waals surface area contributed by atoms with Gasteiger partial charge in [-0.05, 0) is 37.8 Å². The van der Waals surface area contributed by atoms with Crippen LogP contribution in [0.3, 0.4) is 0 Å². The first-order chi connectivity index (χ1) is 12.0. The van der Waals surface area contributed by atoms with Crippen LogP contribution in [0.15, 0.2) is 24.3 Å². The molecular weight excluding hydrogens is 354 g/mol. The molecule has 0 aliphatic carbocycles. The van der Waals surface area contributed by atoms with E-state index < -0.39 is 5.97 Å². The normalized spacial score (nSPS) is 10.6. The maximum absolute atomic E-state index is 12.4. The second-order valence-corrected chi connectivity index (χ2v) is 7.95. The minimum atomic E-state index is -0.431. The first kappa shape index (κ1) is 19.5. The van der Waals surface area contributed by atoms with Crippen LogP contribution in [-0.2, 0) is 9.53 Å². The van der Waals surface area contributed by atoms with E-state index in [0.29, 0.717) is 17.0 Å². The summed E-state index contributed by atoms with van der Waals surface area (Å²) in [4.78, 5) is 25.5. The van der Waals surface area contributed by atoms with E-state index >= 15 is 0 Å². The van der Waals surface area contributed by atoms with Crippen molar-refractivity contribution in [1.29, 1.82) is 0 Å². The molecule has 1 heterocycles. The minimum Gasteiger partial charge on any atom is -0.465 e. The molecule has 4 nitrogen and oxygen atoms in total. The van der Waals surface area contributed by atoms with Crippen LogP contribution in [0.2, 0.25) is 0 Å². The van der Waals surface area contributed by atoms with E-state index in [2.05, 4.69) is 5.32 Å². The molecule has 1 aromatic heterocycles. The van der Waals surface area contributed by atoms with Gasteiger partial charge in [0, 0.05) is 16.9 Å². The molecule has 0 saturated carbocycles. The Morgan fingerprint density at radius 2 is 1.88 bits per heavy atom. The van der Waals surface area contributed by atoms with E-state index in [1.54, 1.807) is 11.8 Å². The number of benzene rings is 1. The third-order valence-corrected chi connectivity index (χ3v) is 5.54. The number of aryl methyl sites for hydroxylation is 2. The fraction of sp³-hybridized carbons (Fsp3) is 0.368. The van der Waals surface area contributed by atoms with Crippen molar-refractivity contribution < 1.29 is 14.3 Å². The van der Waals surface area contributed by atoms with Crippen LogP contribution in [0.5, 0.6) is 0 Å². The molecule has 0 unspecified atom stereocenters. The highest BCUT2D eigenvalue weighted by molar-refractivity contribution is 7.98. The molecule has 134 valence electrons. The lowest BCUT2D eigenvalue weighted by molar-refractivity contribution is -0.116. The molecule has 6 heteroatoms. The van der Waals surface area contributed by atoms with Gasteiger partial charge in [-0.3, -0.25) is 4.79 Å². The summed E-state index contributed by atoms with van der Waals surface area (Å²) in [6.07, 6.45) is 3.28. The molecule has 0 aliphatic rings.